The summed E-state index contributed by atoms with van der Waals surface area (Å²) < 4.78 is 13.2. The number of carbonyl (C=O) groups excluding carboxylic acids is 1. The molecule has 1 aromatic rings. The van der Waals surface area contributed by atoms with E-state index in [9.17, 15) is 19.3 Å². The van der Waals surface area contributed by atoms with Crippen molar-refractivity contribution in [3.63, 3.8) is 0 Å². The van der Waals surface area contributed by atoms with E-state index < -0.39 is 22.3 Å². The lowest BCUT2D eigenvalue weighted by Gasteiger charge is -2.23. The fourth-order valence-electron chi connectivity index (χ4n) is 2.23. The lowest BCUT2D eigenvalue weighted by Crippen LogP contribution is -2.43. The van der Waals surface area contributed by atoms with Crippen LogP contribution in [-0.2, 0) is 0 Å². The average molecular weight is 281 g/mol. The highest BCUT2D eigenvalue weighted by Gasteiger charge is 2.17. The normalized spacial score (nSPS) is 18.6. The van der Waals surface area contributed by atoms with Crippen molar-refractivity contribution in [3.05, 3.63) is 39.7 Å². The van der Waals surface area contributed by atoms with Crippen molar-refractivity contribution in [2.24, 2.45) is 0 Å². The number of nitrogens with one attached hydrogen (secondary N) is 2. The van der Waals surface area contributed by atoms with Crippen molar-refractivity contribution in [3.8, 4) is 0 Å². The van der Waals surface area contributed by atoms with Crippen LogP contribution in [0.1, 0.15) is 29.6 Å². The number of halogens is 1. The van der Waals surface area contributed by atoms with E-state index in [-0.39, 0.29) is 11.6 Å². The zero-order valence-electron chi connectivity index (χ0n) is 10.9. The second kappa shape index (κ2) is 6.42. The molecule has 2 N–H and O–H groups in total. The fraction of sp³-hybridized carbons (Fsp3) is 0.462. The van der Waals surface area contributed by atoms with Gasteiger partial charge < -0.3 is 10.6 Å². The Labute approximate surface area is 115 Å². The summed E-state index contributed by atoms with van der Waals surface area (Å²) in [5, 5.41) is 16.6. The van der Waals surface area contributed by atoms with Crippen molar-refractivity contribution in [1.82, 2.24) is 10.6 Å². The first-order valence-corrected chi connectivity index (χ1v) is 6.53. The number of piperidine rings is 1. The Morgan fingerprint density at radius 2 is 2.25 bits per heavy atom. The van der Waals surface area contributed by atoms with E-state index in [1.54, 1.807) is 0 Å². The molecule has 1 aromatic carbocycles. The van der Waals surface area contributed by atoms with Gasteiger partial charge in [-0.25, -0.2) is 4.39 Å². The zero-order chi connectivity index (χ0) is 14.5. The summed E-state index contributed by atoms with van der Waals surface area (Å²) in [4.78, 5) is 21.8. The molecule has 1 atom stereocenters. The van der Waals surface area contributed by atoms with E-state index in [0.717, 1.165) is 44.0 Å². The predicted molar refractivity (Wildman–Crippen MR) is 71.0 cm³/mol. The molecule has 1 fully saturated rings. The first-order valence-electron chi connectivity index (χ1n) is 6.53. The lowest BCUT2D eigenvalue weighted by molar-refractivity contribution is -0.385. The fourth-order valence-corrected chi connectivity index (χ4v) is 2.23. The lowest BCUT2D eigenvalue weighted by atomic mass is 10.0. The van der Waals surface area contributed by atoms with E-state index in [0.29, 0.717) is 6.54 Å². The smallest absolute Gasteiger partial charge is 0.273 e. The van der Waals surface area contributed by atoms with Crippen LogP contribution in [0, 0.1) is 15.9 Å². The minimum Gasteiger partial charge on any atom is -0.350 e. The van der Waals surface area contributed by atoms with Crippen LogP contribution in [-0.4, -0.2) is 30.0 Å². The Bertz CT molecular complexity index is 516. The molecule has 1 aliphatic heterocycles. The summed E-state index contributed by atoms with van der Waals surface area (Å²) in [7, 11) is 0. The molecule has 0 radical (unpaired) electrons. The zero-order valence-corrected chi connectivity index (χ0v) is 10.9. The van der Waals surface area contributed by atoms with Gasteiger partial charge in [0.25, 0.3) is 11.6 Å². The van der Waals surface area contributed by atoms with Gasteiger partial charge in [-0.15, -0.1) is 0 Å². The number of nitrogens with zero attached hydrogens (tertiary/aromatic N) is 1. The maximum Gasteiger partial charge on any atom is 0.273 e. The maximum absolute atomic E-state index is 13.2. The Morgan fingerprint density at radius 1 is 1.45 bits per heavy atom. The van der Waals surface area contributed by atoms with Crippen LogP contribution >= 0.6 is 0 Å². The maximum atomic E-state index is 13.2. The van der Waals surface area contributed by atoms with Crippen LogP contribution in [0.2, 0.25) is 0 Å². The third-order valence-electron chi connectivity index (χ3n) is 3.28. The number of amides is 1. The summed E-state index contributed by atoms with van der Waals surface area (Å²) in [6.07, 6.45) is 3.21. The highest BCUT2D eigenvalue weighted by molar-refractivity contribution is 5.94. The quantitative estimate of drug-likeness (QED) is 0.648. The Hall–Kier alpha value is -2.02. The number of hydrogen-bond donors (Lipinski definition) is 2. The summed E-state index contributed by atoms with van der Waals surface area (Å²) >= 11 is 0. The summed E-state index contributed by atoms with van der Waals surface area (Å²) in [6, 6.07) is 3.07. The first kappa shape index (κ1) is 14.4. The second-order valence-corrected chi connectivity index (χ2v) is 4.81. The molecule has 2 rings (SSSR count). The minimum atomic E-state index is -0.792. The van der Waals surface area contributed by atoms with E-state index in [1.165, 1.54) is 0 Å². The van der Waals surface area contributed by atoms with Gasteiger partial charge >= 0.3 is 0 Å². The Morgan fingerprint density at radius 3 is 2.90 bits per heavy atom. The first-order chi connectivity index (χ1) is 9.56. The predicted octanol–water partition coefficient (Wildman–Crippen LogP) is 1.61. The topological polar surface area (TPSA) is 84.3 Å². The molecule has 20 heavy (non-hydrogen) atoms. The van der Waals surface area contributed by atoms with E-state index in [1.807, 2.05) is 0 Å². The molecule has 1 aliphatic rings. The molecule has 7 heteroatoms. The number of rotatable bonds is 4. The molecule has 0 aliphatic carbocycles. The van der Waals surface area contributed by atoms with Crippen molar-refractivity contribution in [2.45, 2.75) is 25.3 Å². The number of nitro groups is 1. The Balaban J connectivity index is 1.99. The van der Waals surface area contributed by atoms with Crippen molar-refractivity contribution in [2.75, 3.05) is 13.1 Å². The van der Waals surface area contributed by atoms with Gasteiger partial charge in [0.15, 0.2) is 0 Å². The molecular weight excluding hydrogens is 265 g/mol. The highest BCUT2D eigenvalue weighted by Crippen LogP contribution is 2.16. The number of benzene rings is 1. The summed E-state index contributed by atoms with van der Waals surface area (Å²) in [6.45, 7) is 1.36. The van der Waals surface area contributed by atoms with Crippen LogP contribution < -0.4 is 10.6 Å². The van der Waals surface area contributed by atoms with Gasteiger partial charge in [-0.1, -0.05) is 6.42 Å². The van der Waals surface area contributed by atoms with Crippen LogP contribution in [0.5, 0.6) is 0 Å². The monoisotopic (exact) mass is 281 g/mol. The molecule has 1 unspecified atom stereocenters. The largest absolute Gasteiger partial charge is 0.350 e. The number of hydrogen-bond acceptors (Lipinski definition) is 4. The molecule has 1 heterocycles. The van der Waals surface area contributed by atoms with Crippen LogP contribution in [0.25, 0.3) is 0 Å². The van der Waals surface area contributed by atoms with Gasteiger partial charge in [0, 0.05) is 24.2 Å². The molecule has 0 saturated carbocycles. The van der Waals surface area contributed by atoms with E-state index in [2.05, 4.69) is 10.6 Å². The average Bonchev–Trinajstić information content (AvgIpc) is 2.45. The van der Waals surface area contributed by atoms with Crippen molar-refractivity contribution in [1.29, 1.82) is 0 Å². The molecule has 0 spiro atoms. The van der Waals surface area contributed by atoms with Crippen molar-refractivity contribution >= 4 is 11.6 Å². The van der Waals surface area contributed by atoms with Gasteiger partial charge in [0.1, 0.15) is 5.82 Å². The molecule has 108 valence electrons. The molecule has 1 saturated heterocycles. The molecule has 0 aromatic heterocycles. The molecule has 0 bridgehead atoms. The van der Waals surface area contributed by atoms with Crippen molar-refractivity contribution < 1.29 is 14.1 Å². The van der Waals surface area contributed by atoms with Gasteiger partial charge in [-0.05, 0) is 25.5 Å². The van der Waals surface area contributed by atoms with Gasteiger partial charge in [0.2, 0.25) is 0 Å². The molecule has 1 amide bonds. The van der Waals surface area contributed by atoms with E-state index in [4.69, 9.17) is 0 Å². The van der Waals surface area contributed by atoms with Gasteiger partial charge in [-0.2, -0.15) is 0 Å². The van der Waals surface area contributed by atoms with E-state index >= 15 is 0 Å². The highest BCUT2D eigenvalue weighted by atomic mass is 19.1. The van der Waals surface area contributed by atoms with Gasteiger partial charge in [-0.3, -0.25) is 14.9 Å². The van der Waals surface area contributed by atoms with Crippen LogP contribution in [0.3, 0.4) is 0 Å². The molecule has 6 nitrogen and oxygen atoms in total. The summed E-state index contributed by atoms with van der Waals surface area (Å²) in [5.41, 5.74) is -0.460. The third-order valence-corrected chi connectivity index (χ3v) is 3.28. The van der Waals surface area contributed by atoms with Crippen LogP contribution in [0.4, 0.5) is 10.1 Å². The van der Waals surface area contributed by atoms with Crippen LogP contribution in [0.15, 0.2) is 18.2 Å². The molecular formula is C13H16FN3O3. The third kappa shape index (κ3) is 3.74. The standard InChI is InChI=1S/C13H16FN3O3/c14-10-5-9(6-12(7-10)17(19)20)13(18)16-8-11-3-1-2-4-15-11/h5-7,11,15H,1-4,8H2,(H,16,18). The second-order valence-electron chi connectivity index (χ2n) is 4.81. The number of non-ortho nitro benzene ring substituents is 1. The SMILES string of the molecule is O=C(NCC1CCCCN1)c1cc(F)cc([N+](=O)[O-])c1. The van der Waals surface area contributed by atoms with Gasteiger partial charge in [0.05, 0.1) is 11.0 Å². The number of carbonyl (C=O) groups is 1. The minimum absolute atomic E-state index is 0.0347. The summed E-state index contributed by atoms with van der Waals surface area (Å²) in [5.74, 6) is -1.29. The Kier molecular flexibility index (Phi) is 4.62. The number of nitro benzene ring substituents is 1.